The van der Waals surface area contributed by atoms with Crippen molar-refractivity contribution >= 4 is 6.03 Å². The third-order valence-electron chi connectivity index (χ3n) is 0.597. The second-order valence-electron chi connectivity index (χ2n) is 1.39. The molecule has 3 N–H and O–H groups in total. The molecule has 0 saturated heterocycles. The molecule has 0 aliphatic rings. The van der Waals surface area contributed by atoms with E-state index in [1.165, 1.54) is 0 Å². The van der Waals surface area contributed by atoms with Crippen LogP contribution in [0.2, 0.25) is 0 Å². The van der Waals surface area contributed by atoms with Crippen LogP contribution in [0.3, 0.4) is 0 Å². The summed E-state index contributed by atoms with van der Waals surface area (Å²) in [6.07, 6.45) is 2.38. The lowest BCUT2D eigenvalue weighted by atomic mass is 10.5. The van der Waals surface area contributed by atoms with E-state index < -0.39 is 6.03 Å². The zero-order valence-electron chi connectivity index (χ0n) is 5.09. The molecule has 0 unspecified atom stereocenters. The number of hydrogen-bond acceptors (Lipinski definition) is 2. The molecule has 0 rings (SSSR count). The van der Waals surface area contributed by atoms with Crippen molar-refractivity contribution in [3.05, 3.63) is 12.7 Å². The van der Waals surface area contributed by atoms with E-state index in [0.29, 0.717) is 13.0 Å². The summed E-state index contributed by atoms with van der Waals surface area (Å²) in [4.78, 5) is 14.5. The first-order valence-corrected chi connectivity index (χ1v) is 2.55. The van der Waals surface area contributed by atoms with Crippen LogP contribution in [0.15, 0.2) is 12.7 Å². The highest BCUT2D eigenvalue weighted by molar-refractivity contribution is 5.70. The van der Waals surface area contributed by atoms with E-state index in [2.05, 4.69) is 17.2 Å². The SMILES string of the molecule is C=CCCONC(N)=O. The van der Waals surface area contributed by atoms with Gasteiger partial charge in [-0.1, -0.05) is 6.08 Å². The fraction of sp³-hybridized carbons (Fsp3) is 0.400. The van der Waals surface area contributed by atoms with Crippen molar-refractivity contribution < 1.29 is 9.63 Å². The Morgan fingerprint density at radius 1 is 1.89 bits per heavy atom. The number of carbonyl (C=O) groups excluding carboxylic acids is 1. The van der Waals surface area contributed by atoms with Gasteiger partial charge in [0.25, 0.3) is 0 Å². The predicted molar refractivity (Wildman–Crippen MR) is 33.5 cm³/mol. The first-order chi connectivity index (χ1) is 4.27. The molecule has 0 saturated carbocycles. The standard InChI is InChI=1S/C5H10N2O2/c1-2-3-4-9-7-5(6)8/h2H,1,3-4H2,(H3,6,7,8). The minimum Gasteiger partial charge on any atom is -0.350 e. The molecule has 0 aromatic rings. The Hall–Kier alpha value is -1.03. The molecule has 4 heteroatoms. The Labute approximate surface area is 53.6 Å². The molecule has 0 heterocycles. The van der Waals surface area contributed by atoms with E-state index in [4.69, 9.17) is 0 Å². The second kappa shape index (κ2) is 5.11. The van der Waals surface area contributed by atoms with E-state index >= 15 is 0 Å². The van der Waals surface area contributed by atoms with Crippen LogP contribution in [0.4, 0.5) is 4.79 Å². The quantitative estimate of drug-likeness (QED) is 0.323. The maximum atomic E-state index is 9.92. The lowest BCUT2D eigenvalue weighted by molar-refractivity contribution is 0.0677. The summed E-state index contributed by atoms with van der Waals surface area (Å²) < 4.78 is 0. The normalized spacial score (nSPS) is 8.44. The van der Waals surface area contributed by atoms with Gasteiger partial charge in [-0.05, 0) is 6.42 Å². The van der Waals surface area contributed by atoms with Crippen molar-refractivity contribution in [2.75, 3.05) is 6.61 Å². The summed E-state index contributed by atoms with van der Waals surface area (Å²) in [6, 6.07) is -0.681. The Morgan fingerprint density at radius 3 is 3.00 bits per heavy atom. The summed E-state index contributed by atoms with van der Waals surface area (Å²) in [7, 11) is 0. The minimum atomic E-state index is -0.681. The average Bonchev–Trinajstić information content (AvgIpc) is 1.80. The molecule has 52 valence electrons. The van der Waals surface area contributed by atoms with Gasteiger partial charge in [0, 0.05) is 0 Å². The third-order valence-corrected chi connectivity index (χ3v) is 0.597. The third kappa shape index (κ3) is 6.97. The van der Waals surface area contributed by atoms with Crippen LogP contribution in [0, 0.1) is 0 Å². The van der Waals surface area contributed by atoms with Crippen molar-refractivity contribution in [3.63, 3.8) is 0 Å². The number of rotatable bonds is 4. The second-order valence-corrected chi connectivity index (χ2v) is 1.39. The lowest BCUT2D eigenvalue weighted by Crippen LogP contribution is -2.29. The smallest absolute Gasteiger partial charge is 0.336 e. The lowest BCUT2D eigenvalue weighted by Gasteiger charge is -1.98. The fourth-order valence-electron chi connectivity index (χ4n) is 0.264. The summed E-state index contributed by atoms with van der Waals surface area (Å²) in [5, 5.41) is 0. The topological polar surface area (TPSA) is 64.3 Å². The molecule has 0 fully saturated rings. The highest BCUT2D eigenvalue weighted by Gasteiger charge is 1.87. The number of urea groups is 1. The zero-order valence-corrected chi connectivity index (χ0v) is 5.09. The molecule has 0 spiro atoms. The van der Waals surface area contributed by atoms with Crippen molar-refractivity contribution in [1.82, 2.24) is 5.48 Å². The molecule has 0 aliphatic carbocycles. The molecule has 0 bridgehead atoms. The summed E-state index contributed by atoms with van der Waals surface area (Å²) in [5.74, 6) is 0. The largest absolute Gasteiger partial charge is 0.350 e. The van der Waals surface area contributed by atoms with Crippen molar-refractivity contribution in [2.45, 2.75) is 6.42 Å². The number of amides is 2. The van der Waals surface area contributed by atoms with E-state index in [9.17, 15) is 4.79 Å². The van der Waals surface area contributed by atoms with Crippen LogP contribution in [0.5, 0.6) is 0 Å². The molecular weight excluding hydrogens is 120 g/mol. The number of hydroxylamine groups is 1. The van der Waals surface area contributed by atoms with Crippen LogP contribution in [0.25, 0.3) is 0 Å². The van der Waals surface area contributed by atoms with Gasteiger partial charge in [-0.2, -0.15) is 0 Å². The van der Waals surface area contributed by atoms with Gasteiger partial charge in [-0.15, -0.1) is 6.58 Å². The highest BCUT2D eigenvalue weighted by atomic mass is 16.7. The zero-order chi connectivity index (χ0) is 7.11. The van der Waals surface area contributed by atoms with E-state index in [0.717, 1.165) is 0 Å². The number of primary amides is 1. The van der Waals surface area contributed by atoms with E-state index in [1.807, 2.05) is 5.48 Å². The van der Waals surface area contributed by atoms with Gasteiger partial charge in [-0.3, -0.25) is 4.84 Å². The Bertz CT molecular complexity index is 103. The summed E-state index contributed by atoms with van der Waals surface area (Å²) >= 11 is 0. The van der Waals surface area contributed by atoms with Crippen LogP contribution < -0.4 is 11.2 Å². The number of nitrogens with two attached hydrogens (primary N) is 1. The van der Waals surface area contributed by atoms with Gasteiger partial charge >= 0.3 is 6.03 Å². The first kappa shape index (κ1) is 7.97. The van der Waals surface area contributed by atoms with Gasteiger partial charge in [-0.25, -0.2) is 10.3 Å². The Morgan fingerprint density at radius 2 is 2.56 bits per heavy atom. The average molecular weight is 130 g/mol. The molecule has 0 aromatic heterocycles. The van der Waals surface area contributed by atoms with Crippen molar-refractivity contribution in [1.29, 1.82) is 0 Å². The molecule has 0 aliphatic heterocycles. The van der Waals surface area contributed by atoms with Crippen molar-refractivity contribution in [3.8, 4) is 0 Å². The molecule has 0 atom stereocenters. The van der Waals surface area contributed by atoms with Crippen molar-refractivity contribution in [2.24, 2.45) is 5.73 Å². The Balaban J connectivity index is 2.91. The maximum Gasteiger partial charge on any atom is 0.336 e. The number of carbonyl (C=O) groups is 1. The molecule has 9 heavy (non-hydrogen) atoms. The van der Waals surface area contributed by atoms with Crippen LogP contribution >= 0.6 is 0 Å². The van der Waals surface area contributed by atoms with Crippen LogP contribution in [0.1, 0.15) is 6.42 Å². The van der Waals surface area contributed by atoms with Gasteiger partial charge in [0.15, 0.2) is 0 Å². The molecule has 0 radical (unpaired) electrons. The Kier molecular flexibility index (Phi) is 4.53. The minimum absolute atomic E-state index is 0.409. The number of hydrogen-bond donors (Lipinski definition) is 2. The van der Waals surface area contributed by atoms with Gasteiger partial charge < -0.3 is 5.73 Å². The first-order valence-electron chi connectivity index (χ1n) is 2.55. The molecule has 4 nitrogen and oxygen atoms in total. The van der Waals surface area contributed by atoms with Crippen LogP contribution in [-0.4, -0.2) is 12.6 Å². The predicted octanol–water partition coefficient (Wildman–Crippen LogP) is 0.162. The van der Waals surface area contributed by atoms with Gasteiger partial charge in [0.2, 0.25) is 0 Å². The van der Waals surface area contributed by atoms with E-state index in [1.54, 1.807) is 6.08 Å². The van der Waals surface area contributed by atoms with Gasteiger partial charge in [0.1, 0.15) is 0 Å². The summed E-state index contributed by atoms with van der Waals surface area (Å²) in [5.41, 5.74) is 6.65. The number of nitrogens with one attached hydrogen (secondary N) is 1. The fourth-order valence-corrected chi connectivity index (χ4v) is 0.264. The molecule has 2 amide bonds. The monoisotopic (exact) mass is 130 g/mol. The van der Waals surface area contributed by atoms with Gasteiger partial charge in [0.05, 0.1) is 6.61 Å². The maximum absolute atomic E-state index is 9.92. The van der Waals surface area contributed by atoms with Crippen LogP contribution in [-0.2, 0) is 4.84 Å². The molecular formula is C5H10N2O2. The highest BCUT2D eigenvalue weighted by Crippen LogP contribution is 1.77. The summed E-state index contributed by atoms with van der Waals surface area (Å²) in [6.45, 7) is 3.86. The van der Waals surface area contributed by atoms with E-state index in [-0.39, 0.29) is 0 Å². The molecule has 0 aromatic carbocycles.